The normalized spacial score (nSPS) is 11.1. The van der Waals surface area contributed by atoms with Crippen molar-refractivity contribution in [3.8, 4) is 0 Å². The van der Waals surface area contributed by atoms with Crippen molar-refractivity contribution in [3.63, 3.8) is 0 Å². The van der Waals surface area contributed by atoms with Gasteiger partial charge in [0.2, 0.25) is 11.8 Å². The van der Waals surface area contributed by atoms with Crippen molar-refractivity contribution in [3.05, 3.63) is 71.3 Å². The molecular formula is C21H25N5O5. The molecule has 31 heavy (non-hydrogen) atoms. The lowest BCUT2D eigenvalue weighted by Gasteiger charge is -2.16. The summed E-state index contributed by atoms with van der Waals surface area (Å²) < 4.78 is 5.01. The van der Waals surface area contributed by atoms with Gasteiger partial charge in [0.1, 0.15) is 18.5 Å². The summed E-state index contributed by atoms with van der Waals surface area (Å²) in [7, 11) is 0. The first kappa shape index (κ1) is 23.4. The minimum atomic E-state index is -1.25. The average molecular weight is 427 g/mol. The molecular weight excluding hydrogens is 402 g/mol. The van der Waals surface area contributed by atoms with Crippen molar-refractivity contribution in [1.82, 2.24) is 16.0 Å². The molecule has 0 aliphatic carbocycles. The van der Waals surface area contributed by atoms with Crippen LogP contribution in [0.1, 0.15) is 16.7 Å². The van der Waals surface area contributed by atoms with E-state index in [9.17, 15) is 19.5 Å². The number of nitrogens with one attached hydrogen (secondary N) is 4. The number of carbonyl (C=O) groups excluding carboxylic acids is 3. The molecule has 10 heteroatoms. The zero-order valence-electron chi connectivity index (χ0n) is 16.8. The van der Waals surface area contributed by atoms with Gasteiger partial charge in [-0.05, 0) is 11.1 Å². The number of nitrogens with two attached hydrogens (primary N) is 1. The Morgan fingerprint density at radius 1 is 1.00 bits per heavy atom. The lowest BCUT2D eigenvalue weighted by molar-refractivity contribution is -0.127. The molecule has 0 bridgehead atoms. The molecule has 10 nitrogen and oxygen atoms in total. The Labute approximate surface area is 179 Å². The van der Waals surface area contributed by atoms with Gasteiger partial charge in [-0.2, -0.15) is 0 Å². The van der Waals surface area contributed by atoms with Crippen molar-refractivity contribution in [2.45, 2.75) is 19.2 Å². The number of alkyl carbamates (subject to hydrolysis) is 1. The number of amidine groups is 1. The average Bonchev–Trinajstić information content (AvgIpc) is 2.79. The zero-order valence-corrected chi connectivity index (χ0v) is 16.8. The Bertz CT molecular complexity index is 902. The van der Waals surface area contributed by atoms with E-state index < -0.39 is 30.6 Å². The summed E-state index contributed by atoms with van der Waals surface area (Å²) in [6, 6.07) is 14.5. The van der Waals surface area contributed by atoms with Crippen molar-refractivity contribution in [2.24, 2.45) is 5.73 Å². The standard InChI is InChI=1S/C21H25N5O5/c22-19(23)16-8-6-14(7-9-16)10-24-18(28)11-25-20(29)17(12-27)26-21(30)31-13-15-4-2-1-3-5-15/h1-9,17,27H,10-13H2,(H3,22,23)(H,24,28)(H,25,29)(H,26,30)/t17-/m1/s1. The monoisotopic (exact) mass is 427 g/mol. The minimum Gasteiger partial charge on any atom is -0.445 e. The number of amides is 3. The highest BCUT2D eigenvalue weighted by Gasteiger charge is 2.21. The number of aliphatic hydroxyl groups is 1. The highest BCUT2D eigenvalue weighted by molar-refractivity contribution is 5.94. The van der Waals surface area contributed by atoms with E-state index in [0.717, 1.165) is 11.1 Å². The molecule has 0 aliphatic rings. The van der Waals surface area contributed by atoms with Crippen molar-refractivity contribution in [2.75, 3.05) is 13.2 Å². The van der Waals surface area contributed by atoms with E-state index >= 15 is 0 Å². The summed E-state index contributed by atoms with van der Waals surface area (Å²) in [4.78, 5) is 35.9. The Balaban J connectivity index is 1.71. The summed E-state index contributed by atoms with van der Waals surface area (Å²) in [6.45, 7) is -0.749. The number of hydrogen-bond acceptors (Lipinski definition) is 6. The summed E-state index contributed by atoms with van der Waals surface area (Å²) in [5.41, 5.74) is 7.53. The number of aliphatic hydroxyl groups excluding tert-OH is 1. The van der Waals surface area contributed by atoms with Crippen LogP contribution in [0.15, 0.2) is 54.6 Å². The molecule has 2 aromatic rings. The van der Waals surface area contributed by atoms with Crippen LogP contribution in [-0.2, 0) is 27.5 Å². The highest BCUT2D eigenvalue weighted by Crippen LogP contribution is 2.03. The molecule has 0 spiro atoms. The van der Waals surface area contributed by atoms with Crippen LogP contribution in [0.25, 0.3) is 0 Å². The van der Waals surface area contributed by atoms with Crippen LogP contribution < -0.4 is 21.7 Å². The second-order valence-corrected chi connectivity index (χ2v) is 6.55. The van der Waals surface area contributed by atoms with Crippen LogP contribution in [0.4, 0.5) is 4.79 Å². The van der Waals surface area contributed by atoms with E-state index in [2.05, 4.69) is 16.0 Å². The lowest BCUT2D eigenvalue weighted by atomic mass is 10.1. The van der Waals surface area contributed by atoms with Gasteiger partial charge in [0.05, 0.1) is 13.2 Å². The van der Waals surface area contributed by atoms with Gasteiger partial charge in [0, 0.05) is 12.1 Å². The van der Waals surface area contributed by atoms with E-state index in [0.29, 0.717) is 5.56 Å². The van der Waals surface area contributed by atoms with E-state index in [1.54, 1.807) is 48.5 Å². The second-order valence-electron chi connectivity index (χ2n) is 6.55. The quantitative estimate of drug-likeness (QED) is 0.230. The third-order valence-corrected chi connectivity index (χ3v) is 4.18. The zero-order chi connectivity index (χ0) is 22.6. The first-order valence-electron chi connectivity index (χ1n) is 9.45. The van der Waals surface area contributed by atoms with Crippen LogP contribution in [0.5, 0.6) is 0 Å². The fraction of sp³-hybridized carbons (Fsp3) is 0.238. The van der Waals surface area contributed by atoms with Crippen LogP contribution in [0, 0.1) is 5.41 Å². The predicted molar refractivity (Wildman–Crippen MR) is 113 cm³/mol. The molecule has 7 N–H and O–H groups in total. The molecule has 3 amide bonds. The summed E-state index contributed by atoms with van der Waals surface area (Å²) in [5, 5.41) is 23.9. The SMILES string of the molecule is N=C(N)c1ccc(CNC(=O)CNC(=O)[C@@H](CO)NC(=O)OCc2ccccc2)cc1. The maximum atomic E-state index is 12.1. The molecule has 0 unspecified atom stereocenters. The van der Waals surface area contributed by atoms with E-state index in [1.165, 1.54) is 0 Å². The number of nitrogen functional groups attached to an aromatic ring is 1. The first-order valence-corrected chi connectivity index (χ1v) is 9.45. The Morgan fingerprint density at radius 2 is 1.68 bits per heavy atom. The second kappa shape index (κ2) is 11.9. The third kappa shape index (κ3) is 8.15. The van der Waals surface area contributed by atoms with Crippen molar-refractivity contribution < 1.29 is 24.2 Å². The Morgan fingerprint density at radius 3 is 2.29 bits per heavy atom. The summed E-state index contributed by atoms with van der Waals surface area (Å²) in [6.07, 6.45) is -0.864. The van der Waals surface area contributed by atoms with Crippen LogP contribution in [0.2, 0.25) is 0 Å². The van der Waals surface area contributed by atoms with E-state index in [-0.39, 0.29) is 25.5 Å². The topological polar surface area (TPSA) is 167 Å². The predicted octanol–water partition coefficient (Wildman–Crippen LogP) is -0.00963. The van der Waals surface area contributed by atoms with Gasteiger partial charge in [-0.15, -0.1) is 0 Å². The van der Waals surface area contributed by atoms with Crippen LogP contribution in [-0.4, -0.2) is 48.0 Å². The van der Waals surface area contributed by atoms with Crippen molar-refractivity contribution >= 4 is 23.7 Å². The highest BCUT2D eigenvalue weighted by atomic mass is 16.5. The fourth-order valence-electron chi connectivity index (χ4n) is 2.46. The molecule has 0 aromatic heterocycles. The van der Waals surface area contributed by atoms with Crippen molar-refractivity contribution in [1.29, 1.82) is 5.41 Å². The fourth-order valence-corrected chi connectivity index (χ4v) is 2.46. The molecule has 0 fully saturated rings. The maximum Gasteiger partial charge on any atom is 0.408 e. The molecule has 2 aromatic carbocycles. The number of hydrogen-bond donors (Lipinski definition) is 6. The van der Waals surface area contributed by atoms with Gasteiger partial charge in [0.25, 0.3) is 0 Å². The summed E-state index contributed by atoms with van der Waals surface area (Å²) >= 11 is 0. The number of carbonyl (C=O) groups is 3. The molecule has 1 atom stereocenters. The molecule has 2 rings (SSSR count). The molecule has 164 valence electrons. The third-order valence-electron chi connectivity index (χ3n) is 4.18. The molecule has 0 saturated carbocycles. The van der Waals surface area contributed by atoms with Gasteiger partial charge in [-0.25, -0.2) is 4.79 Å². The molecule has 0 heterocycles. The smallest absolute Gasteiger partial charge is 0.408 e. The summed E-state index contributed by atoms with van der Waals surface area (Å²) in [5.74, 6) is -1.22. The van der Waals surface area contributed by atoms with Gasteiger partial charge in [-0.3, -0.25) is 15.0 Å². The first-order chi connectivity index (χ1) is 14.9. The number of benzene rings is 2. The molecule has 0 saturated heterocycles. The van der Waals surface area contributed by atoms with E-state index in [4.69, 9.17) is 15.9 Å². The lowest BCUT2D eigenvalue weighted by Crippen LogP contribution is -2.50. The van der Waals surface area contributed by atoms with E-state index in [1.807, 2.05) is 6.07 Å². The Hall–Kier alpha value is -3.92. The van der Waals surface area contributed by atoms with Gasteiger partial charge in [-0.1, -0.05) is 54.6 Å². The minimum absolute atomic E-state index is 0.0161. The Kier molecular flexibility index (Phi) is 8.99. The molecule has 0 aliphatic heterocycles. The number of ether oxygens (including phenoxy) is 1. The van der Waals surface area contributed by atoms with Crippen LogP contribution in [0.3, 0.4) is 0 Å². The largest absolute Gasteiger partial charge is 0.445 e. The van der Waals surface area contributed by atoms with Gasteiger partial charge >= 0.3 is 6.09 Å². The van der Waals surface area contributed by atoms with Crippen LogP contribution >= 0.6 is 0 Å². The maximum absolute atomic E-state index is 12.1. The number of rotatable bonds is 10. The molecule has 0 radical (unpaired) electrons. The van der Waals surface area contributed by atoms with Gasteiger partial charge in [0.15, 0.2) is 0 Å². The van der Waals surface area contributed by atoms with Gasteiger partial charge < -0.3 is 31.5 Å².